The van der Waals surface area contributed by atoms with Crippen molar-refractivity contribution in [1.82, 2.24) is 4.90 Å². The number of hydrogen-bond donors (Lipinski definition) is 2. The Morgan fingerprint density at radius 1 is 0.931 bits per heavy atom. The third-order valence-corrected chi connectivity index (χ3v) is 4.84. The van der Waals surface area contributed by atoms with Crippen molar-refractivity contribution in [2.45, 2.75) is 12.8 Å². The molecule has 0 unspecified atom stereocenters. The minimum atomic E-state index is -0.170. The Labute approximate surface area is 171 Å². The minimum Gasteiger partial charge on any atom is -0.492 e. The molecular formula is C22H28N4O3. The van der Waals surface area contributed by atoms with Gasteiger partial charge in [-0.3, -0.25) is 9.59 Å². The molecule has 2 aromatic carbocycles. The third-order valence-electron chi connectivity index (χ3n) is 4.84. The van der Waals surface area contributed by atoms with Gasteiger partial charge in [0, 0.05) is 56.9 Å². The van der Waals surface area contributed by atoms with Crippen LogP contribution in [0.4, 0.5) is 11.4 Å². The summed E-state index contributed by atoms with van der Waals surface area (Å²) < 4.78 is 5.41. The zero-order valence-corrected chi connectivity index (χ0v) is 16.5. The molecule has 1 aliphatic heterocycles. The highest BCUT2D eigenvalue weighted by molar-refractivity contribution is 5.93. The number of benzene rings is 2. The SMILES string of the molecule is NCCOc1ccc(NC(=O)CCC(=O)N2CCN(c3ccccc3)CC2)cc1. The molecule has 0 aliphatic carbocycles. The van der Waals surface area contributed by atoms with Crippen molar-refractivity contribution in [2.75, 3.05) is 49.5 Å². The fraction of sp³-hybridized carbons (Fsp3) is 0.364. The van der Waals surface area contributed by atoms with E-state index in [4.69, 9.17) is 10.5 Å². The van der Waals surface area contributed by atoms with Crippen LogP contribution in [-0.2, 0) is 9.59 Å². The molecule has 1 saturated heterocycles. The standard InChI is InChI=1S/C22H28N4O3/c23-12-17-29-20-8-6-18(7-9-20)24-21(27)10-11-22(28)26-15-13-25(14-16-26)19-4-2-1-3-5-19/h1-9H,10-17,23H2,(H,24,27). The highest BCUT2D eigenvalue weighted by Crippen LogP contribution is 2.17. The summed E-state index contributed by atoms with van der Waals surface area (Å²) in [6, 6.07) is 17.3. The van der Waals surface area contributed by atoms with Gasteiger partial charge in [0.15, 0.2) is 0 Å². The molecule has 2 aromatic rings. The molecule has 1 fully saturated rings. The number of amides is 2. The van der Waals surface area contributed by atoms with Crippen LogP contribution >= 0.6 is 0 Å². The van der Waals surface area contributed by atoms with E-state index in [1.807, 2.05) is 23.1 Å². The molecule has 0 bridgehead atoms. The lowest BCUT2D eigenvalue weighted by molar-refractivity contribution is -0.133. The number of rotatable bonds is 8. The Morgan fingerprint density at radius 3 is 2.28 bits per heavy atom. The summed E-state index contributed by atoms with van der Waals surface area (Å²) >= 11 is 0. The van der Waals surface area contributed by atoms with Crippen molar-refractivity contribution in [2.24, 2.45) is 5.73 Å². The Balaban J connectivity index is 1.38. The Morgan fingerprint density at radius 2 is 1.62 bits per heavy atom. The van der Waals surface area contributed by atoms with E-state index in [0.29, 0.717) is 37.7 Å². The molecule has 154 valence electrons. The summed E-state index contributed by atoms with van der Waals surface area (Å²) in [4.78, 5) is 28.7. The van der Waals surface area contributed by atoms with Crippen LogP contribution < -0.4 is 20.7 Å². The molecule has 0 atom stereocenters. The summed E-state index contributed by atoms with van der Waals surface area (Å²) in [5.41, 5.74) is 7.26. The van der Waals surface area contributed by atoms with Crippen LogP contribution in [0.25, 0.3) is 0 Å². The van der Waals surface area contributed by atoms with Crippen LogP contribution in [0.2, 0.25) is 0 Å². The van der Waals surface area contributed by atoms with Crippen LogP contribution in [-0.4, -0.2) is 56.0 Å². The summed E-state index contributed by atoms with van der Waals surface area (Å²) in [7, 11) is 0. The molecule has 7 nitrogen and oxygen atoms in total. The maximum absolute atomic E-state index is 12.4. The lowest BCUT2D eigenvalue weighted by atomic mass is 10.2. The van der Waals surface area contributed by atoms with Crippen molar-refractivity contribution in [3.63, 3.8) is 0 Å². The van der Waals surface area contributed by atoms with Gasteiger partial charge in [0.1, 0.15) is 12.4 Å². The zero-order valence-electron chi connectivity index (χ0n) is 16.5. The Hall–Kier alpha value is -3.06. The number of anilines is 2. The highest BCUT2D eigenvalue weighted by Gasteiger charge is 2.21. The van der Waals surface area contributed by atoms with Gasteiger partial charge in [-0.2, -0.15) is 0 Å². The summed E-state index contributed by atoms with van der Waals surface area (Å²) in [5, 5.41) is 2.81. The average molecular weight is 396 g/mol. The van der Waals surface area contributed by atoms with E-state index < -0.39 is 0 Å². The first-order valence-corrected chi connectivity index (χ1v) is 9.96. The molecule has 2 amide bonds. The predicted molar refractivity (Wildman–Crippen MR) is 114 cm³/mol. The monoisotopic (exact) mass is 396 g/mol. The molecular weight excluding hydrogens is 368 g/mol. The molecule has 0 saturated carbocycles. The second-order valence-electron chi connectivity index (χ2n) is 6.91. The molecule has 1 aliphatic rings. The fourth-order valence-electron chi connectivity index (χ4n) is 3.27. The van der Waals surface area contributed by atoms with Crippen molar-refractivity contribution in [3.05, 3.63) is 54.6 Å². The summed E-state index contributed by atoms with van der Waals surface area (Å²) in [6.07, 6.45) is 0.387. The highest BCUT2D eigenvalue weighted by atomic mass is 16.5. The van der Waals surface area contributed by atoms with Gasteiger partial charge in [-0.25, -0.2) is 0 Å². The third kappa shape index (κ3) is 6.22. The maximum Gasteiger partial charge on any atom is 0.224 e. The van der Waals surface area contributed by atoms with Gasteiger partial charge in [0.05, 0.1) is 0 Å². The smallest absolute Gasteiger partial charge is 0.224 e. The zero-order chi connectivity index (χ0) is 20.5. The van der Waals surface area contributed by atoms with Gasteiger partial charge in [-0.1, -0.05) is 18.2 Å². The number of carbonyl (C=O) groups excluding carboxylic acids is 2. The van der Waals surface area contributed by atoms with E-state index in [2.05, 4.69) is 22.3 Å². The van der Waals surface area contributed by atoms with Crippen LogP contribution in [0.3, 0.4) is 0 Å². The number of piperazine rings is 1. The first-order valence-electron chi connectivity index (χ1n) is 9.96. The fourth-order valence-corrected chi connectivity index (χ4v) is 3.27. The first-order chi connectivity index (χ1) is 14.2. The van der Waals surface area contributed by atoms with E-state index in [1.54, 1.807) is 24.3 Å². The van der Waals surface area contributed by atoms with Gasteiger partial charge in [0.25, 0.3) is 0 Å². The molecule has 29 heavy (non-hydrogen) atoms. The van der Waals surface area contributed by atoms with Gasteiger partial charge in [-0.05, 0) is 36.4 Å². The van der Waals surface area contributed by atoms with Crippen molar-refractivity contribution >= 4 is 23.2 Å². The molecule has 3 rings (SSSR count). The molecule has 0 aromatic heterocycles. The number of nitrogens with two attached hydrogens (primary N) is 1. The number of nitrogens with zero attached hydrogens (tertiary/aromatic N) is 2. The molecule has 0 spiro atoms. The largest absolute Gasteiger partial charge is 0.492 e. The predicted octanol–water partition coefficient (Wildman–Crippen LogP) is 2.09. The van der Waals surface area contributed by atoms with E-state index in [-0.39, 0.29) is 24.7 Å². The van der Waals surface area contributed by atoms with Crippen molar-refractivity contribution < 1.29 is 14.3 Å². The molecule has 0 radical (unpaired) electrons. The minimum absolute atomic E-state index is 0.0263. The van der Waals surface area contributed by atoms with Gasteiger partial charge in [-0.15, -0.1) is 0 Å². The second-order valence-corrected chi connectivity index (χ2v) is 6.91. The summed E-state index contributed by atoms with van der Waals surface area (Å²) in [6.45, 7) is 3.88. The molecule has 3 N–H and O–H groups in total. The van der Waals surface area contributed by atoms with Gasteiger partial charge in [0.2, 0.25) is 11.8 Å². The molecule has 1 heterocycles. The topological polar surface area (TPSA) is 87.9 Å². The normalized spacial score (nSPS) is 13.8. The average Bonchev–Trinajstić information content (AvgIpc) is 2.78. The number of nitrogens with one attached hydrogen (secondary N) is 1. The number of ether oxygens (including phenoxy) is 1. The number of para-hydroxylation sites is 1. The lowest BCUT2D eigenvalue weighted by Gasteiger charge is -2.36. The Bertz CT molecular complexity index is 787. The van der Waals surface area contributed by atoms with Crippen LogP contribution in [0.1, 0.15) is 12.8 Å². The van der Waals surface area contributed by atoms with Crippen molar-refractivity contribution in [1.29, 1.82) is 0 Å². The van der Waals surface area contributed by atoms with Crippen molar-refractivity contribution in [3.8, 4) is 5.75 Å². The van der Waals surface area contributed by atoms with E-state index >= 15 is 0 Å². The van der Waals surface area contributed by atoms with Gasteiger partial charge < -0.3 is 25.6 Å². The first kappa shape index (κ1) is 20.7. The summed E-state index contributed by atoms with van der Waals surface area (Å²) in [5.74, 6) is 0.563. The second kappa shape index (κ2) is 10.5. The van der Waals surface area contributed by atoms with E-state index in [9.17, 15) is 9.59 Å². The van der Waals surface area contributed by atoms with Gasteiger partial charge >= 0.3 is 0 Å². The van der Waals surface area contributed by atoms with Crippen LogP contribution in [0.15, 0.2) is 54.6 Å². The van der Waals surface area contributed by atoms with Crippen LogP contribution in [0.5, 0.6) is 5.75 Å². The van der Waals surface area contributed by atoms with E-state index in [1.165, 1.54) is 5.69 Å². The van der Waals surface area contributed by atoms with E-state index in [0.717, 1.165) is 13.1 Å². The quantitative estimate of drug-likeness (QED) is 0.713. The maximum atomic E-state index is 12.4. The lowest BCUT2D eigenvalue weighted by Crippen LogP contribution is -2.48. The van der Waals surface area contributed by atoms with Crippen LogP contribution in [0, 0.1) is 0 Å². The molecule has 7 heteroatoms. The number of carbonyl (C=O) groups is 2. The number of hydrogen-bond acceptors (Lipinski definition) is 5. The Kier molecular flexibility index (Phi) is 7.47.